The Morgan fingerprint density at radius 3 is 0.435 bits per heavy atom. The van der Waals surface area contributed by atoms with Crippen LogP contribution in [0.2, 0.25) is 0 Å². The van der Waals surface area contributed by atoms with Crippen molar-refractivity contribution in [2.45, 2.75) is 151 Å². The van der Waals surface area contributed by atoms with Gasteiger partial charge in [0.05, 0.1) is 75.3 Å². The Labute approximate surface area is 795 Å². The molecule has 0 aromatic heterocycles. The summed E-state index contributed by atoms with van der Waals surface area (Å²) < 4.78 is 177. The first kappa shape index (κ1) is 139. The van der Waals surface area contributed by atoms with Gasteiger partial charge in [-0.2, -0.15) is 0 Å². The summed E-state index contributed by atoms with van der Waals surface area (Å²) in [5.41, 5.74) is 0. The molecular formula is C78H138O60. The van der Waals surface area contributed by atoms with Gasteiger partial charge in [-0.05, 0) is 76.2 Å². The number of hydrogen-bond acceptors (Lipinski definition) is 60. The van der Waals surface area contributed by atoms with E-state index in [2.05, 4.69) is 128 Å². The second kappa shape index (κ2) is 97.9. The van der Waals surface area contributed by atoms with Crippen LogP contribution in [0.25, 0.3) is 0 Å². The molecule has 0 aliphatic carbocycles. The van der Waals surface area contributed by atoms with E-state index < -0.39 is 141 Å². The lowest BCUT2D eigenvalue weighted by Gasteiger charge is -2.15. The second-order valence-electron chi connectivity index (χ2n) is 25.5. The lowest BCUT2D eigenvalue weighted by Crippen LogP contribution is -2.26. The lowest BCUT2D eigenvalue weighted by molar-refractivity contribution is -0.0296. The van der Waals surface area contributed by atoms with Crippen LogP contribution >= 0.6 is 0 Å². The summed E-state index contributed by atoms with van der Waals surface area (Å²) >= 11 is 0. The van der Waals surface area contributed by atoms with Gasteiger partial charge < -0.3 is 211 Å². The predicted octanol–water partition coefficient (Wildman–Crippen LogP) is 5.11. The molecule has 11 unspecified atom stereocenters. The van der Waals surface area contributed by atoms with Gasteiger partial charge in [-0.25, -0.2) is 76.7 Å². The van der Waals surface area contributed by atoms with Crippen molar-refractivity contribution in [3.05, 3.63) is 0 Å². The number of hydrogen-bond donors (Lipinski definition) is 6. The molecule has 0 bridgehead atoms. The molecule has 60 nitrogen and oxygen atoms in total. The zero-order chi connectivity index (χ0) is 105. The average Bonchev–Trinajstić information content (AvgIpc) is 0.947. The third kappa shape index (κ3) is 111. The molecule has 0 heterocycles. The van der Waals surface area contributed by atoms with Gasteiger partial charge >= 0.3 is 98.5 Å². The number of rotatable bonds is 60. The van der Waals surface area contributed by atoms with E-state index in [-0.39, 0.29) is 250 Å². The molecule has 0 aliphatic heterocycles. The summed E-state index contributed by atoms with van der Waals surface area (Å²) in [5, 5.41) is 52.3. The lowest BCUT2D eigenvalue weighted by atomic mass is 10.4. The standard InChI is InChI=1S/C18H30O14.C17H28O14.C12H22O8.C11H20O8.C10H18O8.C9H16O8.CH4/c1-12(19)9-29-15(20)25-5-6-26-17(22)31-11-14(3)32-18(23)28-8-7-27-16(21)30-10-13(2)24-4;1-12(18)10-30-16(21)28-8-6-26-14(19)24-4-5-25-15(20)27-7-9-29-17(22)31-11-13(2)23-3;1-8(13)5-17-11(14)18-7-10(3)20-12(15)19-6-9(2)16-4;1-8(12)6-18-10(13)16-4-5-17-11(14)19-7-9(2)15-3;1-8(7-17-9(12)15-4-3-11)18-10(13)16-6-5-14-2;1-13-4-5-15-9(12)17-7-6-16-8(11)14-3-2-10;/h12-14,19H,5-11H2,1-4H3;12-13,18H,4-11H2,1-3H3;8-10,13H,5-7H2,1-4H3;8-9,12H,4-7H2,1-3H3;8,11H,3-7H2,1-2H3;10H,2-7H2,1H3;1H4. The number of aliphatic hydroxyl groups excluding tert-OH is 6. The fourth-order valence-corrected chi connectivity index (χ4v) is 5.99. The van der Waals surface area contributed by atoms with Crippen molar-refractivity contribution >= 4 is 98.5 Å². The van der Waals surface area contributed by atoms with Gasteiger partial charge in [-0.1, -0.05) is 7.43 Å². The summed E-state index contributed by atoms with van der Waals surface area (Å²) in [6, 6.07) is 0. The van der Waals surface area contributed by atoms with Crippen LogP contribution in [0.15, 0.2) is 0 Å². The monoisotopic (exact) mass is 2030 g/mol. The Balaban J connectivity index is -0.000000304. The molecule has 810 valence electrons. The quantitative estimate of drug-likeness (QED) is 0.0262. The van der Waals surface area contributed by atoms with Gasteiger partial charge in [0.15, 0.2) is 0 Å². The molecule has 0 aliphatic rings. The molecule has 0 aromatic carbocycles. The number of methoxy groups -OCH3 is 6. The van der Waals surface area contributed by atoms with Crippen molar-refractivity contribution in [2.75, 3.05) is 261 Å². The molecular weight excluding hydrogens is 1900 g/mol. The molecule has 138 heavy (non-hydrogen) atoms. The molecule has 0 radical (unpaired) electrons. The molecule has 0 rings (SSSR count). The van der Waals surface area contributed by atoms with Gasteiger partial charge in [0.2, 0.25) is 0 Å². The van der Waals surface area contributed by atoms with E-state index in [1.54, 1.807) is 27.7 Å². The first-order valence-corrected chi connectivity index (χ1v) is 40.9. The highest BCUT2D eigenvalue weighted by Crippen LogP contribution is 2.06. The fourth-order valence-electron chi connectivity index (χ4n) is 5.99. The molecule has 11 atom stereocenters. The molecule has 0 saturated carbocycles. The van der Waals surface area contributed by atoms with Crippen LogP contribution in [-0.4, -0.2) is 457 Å². The van der Waals surface area contributed by atoms with Crippen molar-refractivity contribution in [3.63, 3.8) is 0 Å². The van der Waals surface area contributed by atoms with E-state index in [1.165, 1.54) is 91.1 Å². The minimum absolute atomic E-state index is 0. The van der Waals surface area contributed by atoms with E-state index in [4.69, 9.17) is 82.7 Å². The van der Waals surface area contributed by atoms with E-state index in [0.29, 0.717) is 0 Å². The van der Waals surface area contributed by atoms with Gasteiger partial charge in [-0.3, -0.25) is 0 Å². The van der Waals surface area contributed by atoms with Crippen LogP contribution in [0.4, 0.5) is 76.7 Å². The third-order valence-electron chi connectivity index (χ3n) is 12.6. The second-order valence-corrected chi connectivity index (χ2v) is 25.5. The van der Waals surface area contributed by atoms with Gasteiger partial charge in [0.25, 0.3) is 0 Å². The number of aliphatic hydroxyl groups is 6. The van der Waals surface area contributed by atoms with Crippen LogP contribution < -0.4 is 0 Å². The highest BCUT2D eigenvalue weighted by molar-refractivity contribution is 5.65. The SMILES string of the molecule is C.COC(C)COC(=O)OC(C)COC(=O)OCC(C)O.COC(C)COC(=O)OCCOC(=O)OC(C)COC(=O)OCCOC(=O)OCC(C)O.COC(C)COC(=O)OCCOC(=O)OCC(C)O.COC(C)COC(=O)OCCOC(=O)OCCOC(=O)OCCOC(=O)OCC(C)O.COCCOC(=O)OC(C)COC(=O)OCCO.COCCOC(=O)OCCOC(=O)OCCO. The zero-order valence-electron chi connectivity index (χ0n) is 79.4. The van der Waals surface area contributed by atoms with E-state index >= 15 is 0 Å². The van der Waals surface area contributed by atoms with Crippen molar-refractivity contribution in [3.8, 4) is 0 Å². The largest absolute Gasteiger partial charge is 0.508 e. The Kier molecular flexibility index (Phi) is 98.5. The van der Waals surface area contributed by atoms with Crippen molar-refractivity contribution < 1.29 is 287 Å². The summed E-state index contributed by atoms with van der Waals surface area (Å²) in [6.45, 7) is 12.3. The Hall–Kier alpha value is -12.2. The minimum Gasteiger partial charge on any atom is -0.432 e. The molecule has 6 N–H and O–H groups in total. The Morgan fingerprint density at radius 2 is 0.283 bits per heavy atom. The molecule has 0 fully saturated rings. The number of carbonyl (C=O) groups is 16. The first-order valence-electron chi connectivity index (χ1n) is 40.9. The topological polar surface area (TPSA) is 745 Å². The van der Waals surface area contributed by atoms with Crippen molar-refractivity contribution in [1.29, 1.82) is 0 Å². The molecule has 60 heteroatoms. The Bertz CT molecular complexity index is 3120. The highest BCUT2D eigenvalue weighted by Gasteiger charge is 2.21. The minimum atomic E-state index is -1.08. The molecule has 0 spiro atoms. The smallest absolute Gasteiger partial charge is 0.432 e. The third-order valence-corrected chi connectivity index (χ3v) is 12.6. The van der Waals surface area contributed by atoms with E-state index in [1.807, 2.05) is 0 Å². The van der Waals surface area contributed by atoms with E-state index in [0.717, 1.165) is 0 Å². The number of carbonyl (C=O) groups excluding carboxylic acids is 16. The maximum atomic E-state index is 11.5. The van der Waals surface area contributed by atoms with Gasteiger partial charge in [0, 0.05) is 42.7 Å². The molecule has 0 saturated heterocycles. The summed E-state index contributed by atoms with van der Waals surface area (Å²) in [4.78, 5) is 178. The van der Waals surface area contributed by atoms with Crippen molar-refractivity contribution in [2.24, 2.45) is 0 Å². The summed E-state index contributed by atoms with van der Waals surface area (Å²) in [6.07, 6.45) is -21.8. The normalized spacial score (nSPS) is 12.4. The van der Waals surface area contributed by atoms with Crippen LogP contribution in [0.1, 0.15) is 83.6 Å². The van der Waals surface area contributed by atoms with Crippen LogP contribution in [-0.2, 0) is 180 Å². The highest BCUT2D eigenvalue weighted by atomic mass is 16.8. The summed E-state index contributed by atoms with van der Waals surface area (Å²) in [7, 11) is 8.86. The first-order chi connectivity index (χ1) is 65.0. The maximum absolute atomic E-state index is 11.5. The predicted molar refractivity (Wildman–Crippen MR) is 448 cm³/mol. The van der Waals surface area contributed by atoms with Crippen LogP contribution in [0.5, 0.6) is 0 Å². The van der Waals surface area contributed by atoms with Gasteiger partial charge in [-0.15, -0.1) is 0 Å². The maximum Gasteiger partial charge on any atom is 0.508 e. The van der Waals surface area contributed by atoms with E-state index in [9.17, 15) is 76.7 Å². The molecule has 0 aromatic rings. The zero-order valence-corrected chi connectivity index (χ0v) is 79.4. The van der Waals surface area contributed by atoms with Gasteiger partial charge in [0.1, 0.15) is 210 Å². The fraction of sp³-hybridized carbons (Fsp3) is 0.795. The molecule has 0 amide bonds. The average molecular weight is 2040 g/mol. The summed E-state index contributed by atoms with van der Waals surface area (Å²) in [5.74, 6) is 0. The number of ether oxygens (including phenoxy) is 38. The van der Waals surface area contributed by atoms with Crippen LogP contribution in [0.3, 0.4) is 0 Å². The Morgan fingerprint density at radius 1 is 0.167 bits per heavy atom. The van der Waals surface area contributed by atoms with Crippen molar-refractivity contribution in [1.82, 2.24) is 0 Å². The van der Waals surface area contributed by atoms with Crippen LogP contribution in [0, 0.1) is 0 Å².